The number of phenols is 2. The van der Waals surface area contributed by atoms with Crippen LogP contribution in [0.15, 0.2) is 29.9 Å². The van der Waals surface area contributed by atoms with Gasteiger partial charge in [0.25, 0.3) is 0 Å². The van der Waals surface area contributed by atoms with E-state index in [4.69, 9.17) is 9.84 Å². The number of ether oxygens (including phenoxy) is 1. The van der Waals surface area contributed by atoms with Crippen molar-refractivity contribution in [1.82, 2.24) is 0 Å². The number of carbonyl (C=O) groups is 1. The Morgan fingerprint density at radius 2 is 2.12 bits per heavy atom. The van der Waals surface area contributed by atoms with Crippen LogP contribution in [0.1, 0.15) is 5.56 Å². The zero-order valence-corrected chi connectivity index (χ0v) is 8.75. The van der Waals surface area contributed by atoms with Gasteiger partial charge < -0.3 is 20.1 Å². The number of rotatable bonds is 2. The standard InChI is InChI=1S/C12H10O5/c13-9-3-2-8-5-7(1-4-10(14)15)6-17-12(8)11(9)16/h1-5,13,16H,6H2,(H,14,15). The fourth-order valence-electron chi connectivity index (χ4n) is 1.51. The molecule has 5 nitrogen and oxygen atoms in total. The Hall–Kier alpha value is -2.43. The maximum atomic E-state index is 10.4. The maximum absolute atomic E-state index is 10.4. The van der Waals surface area contributed by atoms with Gasteiger partial charge in [0.2, 0.25) is 5.75 Å². The second-order valence-electron chi connectivity index (χ2n) is 3.53. The van der Waals surface area contributed by atoms with Crippen molar-refractivity contribution in [1.29, 1.82) is 0 Å². The highest BCUT2D eigenvalue weighted by Gasteiger charge is 2.16. The lowest BCUT2D eigenvalue weighted by Gasteiger charge is -2.17. The van der Waals surface area contributed by atoms with Crippen molar-refractivity contribution >= 4 is 12.0 Å². The molecule has 0 saturated carbocycles. The van der Waals surface area contributed by atoms with Crippen molar-refractivity contribution in [2.24, 2.45) is 0 Å². The predicted octanol–water partition coefficient (Wildman–Crippen LogP) is 1.51. The van der Waals surface area contributed by atoms with Crippen molar-refractivity contribution in [3.8, 4) is 17.2 Å². The minimum Gasteiger partial charge on any atom is -0.504 e. The summed E-state index contributed by atoms with van der Waals surface area (Å²) in [6.07, 6.45) is 4.13. The van der Waals surface area contributed by atoms with E-state index in [1.165, 1.54) is 12.1 Å². The van der Waals surface area contributed by atoms with E-state index in [2.05, 4.69) is 0 Å². The van der Waals surface area contributed by atoms with Crippen molar-refractivity contribution in [3.05, 3.63) is 35.4 Å². The second kappa shape index (κ2) is 4.21. The van der Waals surface area contributed by atoms with Crippen LogP contribution in [0.4, 0.5) is 0 Å². The van der Waals surface area contributed by atoms with Gasteiger partial charge in [-0.05, 0) is 29.9 Å². The SMILES string of the molecule is O=C(O)C=CC1=Cc2ccc(O)c(O)c2OC1. The van der Waals surface area contributed by atoms with Gasteiger partial charge in [0.15, 0.2) is 11.5 Å². The molecule has 0 bridgehead atoms. The molecule has 0 aromatic heterocycles. The van der Waals surface area contributed by atoms with Crippen LogP contribution in [0.5, 0.6) is 17.2 Å². The molecule has 1 aliphatic rings. The topological polar surface area (TPSA) is 87.0 Å². The molecular weight excluding hydrogens is 224 g/mol. The average Bonchev–Trinajstić information content (AvgIpc) is 2.31. The van der Waals surface area contributed by atoms with Crippen molar-refractivity contribution in [3.63, 3.8) is 0 Å². The number of hydrogen-bond acceptors (Lipinski definition) is 4. The Kier molecular flexibility index (Phi) is 2.74. The summed E-state index contributed by atoms with van der Waals surface area (Å²) in [5.74, 6) is -1.38. The van der Waals surface area contributed by atoms with Gasteiger partial charge in [-0.2, -0.15) is 0 Å². The first-order valence-corrected chi connectivity index (χ1v) is 4.87. The molecular formula is C12H10O5. The lowest BCUT2D eigenvalue weighted by Crippen LogP contribution is -2.06. The van der Waals surface area contributed by atoms with Gasteiger partial charge in [-0.25, -0.2) is 4.79 Å². The van der Waals surface area contributed by atoms with E-state index in [1.54, 1.807) is 12.1 Å². The smallest absolute Gasteiger partial charge is 0.328 e. The Bertz CT molecular complexity index is 528. The summed E-state index contributed by atoms with van der Waals surface area (Å²) in [6.45, 7) is 0.147. The molecule has 3 N–H and O–H groups in total. The van der Waals surface area contributed by atoms with Gasteiger partial charge in [0.05, 0.1) is 0 Å². The Balaban J connectivity index is 2.36. The molecule has 1 aliphatic heterocycles. The summed E-state index contributed by atoms with van der Waals surface area (Å²) in [4.78, 5) is 10.4. The Morgan fingerprint density at radius 1 is 1.35 bits per heavy atom. The molecule has 0 atom stereocenters. The van der Waals surface area contributed by atoms with E-state index >= 15 is 0 Å². The summed E-state index contributed by atoms with van der Waals surface area (Å²) in [5.41, 5.74) is 1.27. The highest BCUT2D eigenvalue weighted by Crippen LogP contribution is 2.41. The molecule has 0 radical (unpaired) electrons. The number of phenolic OH excluding ortho intramolecular Hbond substituents is 2. The van der Waals surface area contributed by atoms with E-state index in [0.29, 0.717) is 11.1 Å². The van der Waals surface area contributed by atoms with E-state index in [-0.39, 0.29) is 23.9 Å². The molecule has 0 saturated heterocycles. The van der Waals surface area contributed by atoms with E-state index < -0.39 is 5.97 Å². The van der Waals surface area contributed by atoms with Crippen LogP contribution in [-0.2, 0) is 4.79 Å². The van der Waals surface area contributed by atoms with Crippen molar-refractivity contribution in [2.75, 3.05) is 6.61 Å². The van der Waals surface area contributed by atoms with Crippen molar-refractivity contribution < 1.29 is 24.9 Å². The quantitative estimate of drug-likeness (QED) is 0.533. The lowest BCUT2D eigenvalue weighted by molar-refractivity contribution is -0.131. The number of aliphatic carboxylic acids is 1. The fraction of sp³-hybridized carbons (Fsp3) is 0.0833. The number of carboxylic acid groups (broad SMARTS) is 1. The van der Waals surface area contributed by atoms with Gasteiger partial charge in [0.1, 0.15) is 6.61 Å². The molecule has 1 aromatic rings. The van der Waals surface area contributed by atoms with Crippen LogP contribution in [0, 0.1) is 0 Å². The number of fused-ring (bicyclic) bond motifs is 1. The Morgan fingerprint density at radius 3 is 2.82 bits per heavy atom. The number of hydrogen-bond donors (Lipinski definition) is 3. The van der Waals surface area contributed by atoms with Gasteiger partial charge >= 0.3 is 5.97 Å². The Labute approximate surface area is 96.9 Å². The fourth-order valence-corrected chi connectivity index (χ4v) is 1.51. The third-order valence-electron chi connectivity index (χ3n) is 2.30. The van der Waals surface area contributed by atoms with Crippen LogP contribution in [0.3, 0.4) is 0 Å². The third kappa shape index (κ3) is 2.23. The molecule has 88 valence electrons. The van der Waals surface area contributed by atoms with E-state index in [9.17, 15) is 15.0 Å². The largest absolute Gasteiger partial charge is 0.504 e. The molecule has 2 rings (SSSR count). The molecule has 0 amide bonds. The van der Waals surface area contributed by atoms with Gasteiger partial charge in [-0.15, -0.1) is 0 Å². The average molecular weight is 234 g/mol. The number of carboxylic acids is 1. The second-order valence-corrected chi connectivity index (χ2v) is 3.53. The first-order valence-electron chi connectivity index (χ1n) is 4.87. The summed E-state index contributed by atoms with van der Waals surface area (Å²) in [5, 5.41) is 27.3. The first kappa shape index (κ1) is 11.1. The monoisotopic (exact) mass is 234 g/mol. The summed E-state index contributed by atoms with van der Waals surface area (Å²) in [6, 6.07) is 2.93. The van der Waals surface area contributed by atoms with Gasteiger partial charge in [-0.1, -0.05) is 0 Å². The highest BCUT2D eigenvalue weighted by molar-refractivity contribution is 5.81. The van der Waals surface area contributed by atoms with Crippen LogP contribution < -0.4 is 4.74 Å². The third-order valence-corrected chi connectivity index (χ3v) is 2.30. The van der Waals surface area contributed by atoms with E-state index in [0.717, 1.165) is 6.08 Å². The molecule has 0 spiro atoms. The molecule has 0 unspecified atom stereocenters. The first-order chi connectivity index (χ1) is 8.08. The number of benzene rings is 1. The zero-order valence-electron chi connectivity index (χ0n) is 8.75. The molecule has 17 heavy (non-hydrogen) atoms. The molecule has 1 aromatic carbocycles. The predicted molar refractivity (Wildman–Crippen MR) is 60.0 cm³/mol. The highest BCUT2D eigenvalue weighted by atomic mass is 16.5. The summed E-state index contributed by atoms with van der Waals surface area (Å²) >= 11 is 0. The molecule has 0 aliphatic carbocycles. The number of aromatic hydroxyl groups is 2. The maximum Gasteiger partial charge on any atom is 0.328 e. The summed E-state index contributed by atoms with van der Waals surface area (Å²) in [7, 11) is 0. The zero-order chi connectivity index (χ0) is 12.4. The lowest BCUT2D eigenvalue weighted by atomic mass is 10.1. The van der Waals surface area contributed by atoms with Crippen molar-refractivity contribution in [2.45, 2.75) is 0 Å². The van der Waals surface area contributed by atoms with Gasteiger partial charge in [-0.3, -0.25) is 0 Å². The van der Waals surface area contributed by atoms with E-state index in [1.807, 2.05) is 0 Å². The minimum atomic E-state index is -1.04. The van der Waals surface area contributed by atoms with Gasteiger partial charge in [0, 0.05) is 11.6 Å². The minimum absolute atomic E-state index is 0.147. The normalized spacial score (nSPS) is 14.0. The molecule has 0 fully saturated rings. The molecule has 5 heteroatoms. The van der Waals surface area contributed by atoms with Crippen LogP contribution in [0.2, 0.25) is 0 Å². The summed E-state index contributed by atoms with van der Waals surface area (Å²) < 4.78 is 5.26. The van der Waals surface area contributed by atoms with Crippen LogP contribution >= 0.6 is 0 Å². The molecule has 1 heterocycles. The van der Waals surface area contributed by atoms with Crippen LogP contribution in [0.25, 0.3) is 6.08 Å². The van der Waals surface area contributed by atoms with Crippen LogP contribution in [-0.4, -0.2) is 27.9 Å².